The van der Waals surface area contributed by atoms with Crippen molar-refractivity contribution in [1.29, 1.82) is 0 Å². The van der Waals surface area contributed by atoms with E-state index in [4.69, 9.17) is 11.6 Å². The predicted molar refractivity (Wildman–Crippen MR) is 112 cm³/mol. The van der Waals surface area contributed by atoms with Crippen LogP contribution in [0.2, 0.25) is 4.34 Å². The molecule has 1 aromatic heterocycles. The molecular formula is C20H23ClN4O3S. The summed E-state index contributed by atoms with van der Waals surface area (Å²) in [4.78, 5) is 41.0. The molecule has 0 saturated carbocycles. The highest BCUT2D eigenvalue weighted by molar-refractivity contribution is 7.16. The SMILES string of the molecule is CCN(CC(=O)NN1C(=O)NC(CC)(c2ccccc2)C1=O)Cc1ccc(Cl)s1. The smallest absolute Gasteiger partial charge is 0.318 e. The maximum absolute atomic E-state index is 13.1. The lowest BCUT2D eigenvalue weighted by atomic mass is 9.87. The van der Waals surface area contributed by atoms with Gasteiger partial charge in [-0.05, 0) is 30.7 Å². The lowest BCUT2D eigenvalue weighted by Crippen LogP contribution is -2.51. The Morgan fingerprint density at radius 2 is 1.93 bits per heavy atom. The van der Waals surface area contributed by atoms with E-state index in [1.165, 1.54) is 11.3 Å². The summed E-state index contributed by atoms with van der Waals surface area (Å²) < 4.78 is 0.691. The number of nitrogens with zero attached hydrogens (tertiary/aromatic N) is 2. The largest absolute Gasteiger partial charge is 0.344 e. The zero-order chi connectivity index (χ0) is 21.0. The standard InChI is InChI=1S/C20H23ClN4O3S/c1-3-20(14-8-6-5-7-9-14)18(27)25(19(28)22-20)23-17(26)13-24(4-2)12-15-10-11-16(21)29-15/h5-11H,3-4,12-13H2,1-2H3,(H,22,28)(H,23,26). The molecule has 0 radical (unpaired) electrons. The second kappa shape index (κ2) is 8.94. The molecule has 7 nitrogen and oxygen atoms in total. The van der Waals surface area contributed by atoms with Gasteiger partial charge in [0.05, 0.1) is 10.9 Å². The molecule has 9 heteroatoms. The first-order valence-electron chi connectivity index (χ1n) is 9.38. The van der Waals surface area contributed by atoms with Gasteiger partial charge in [-0.2, -0.15) is 5.01 Å². The highest BCUT2D eigenvalue weighted by atomic mass is 35.5. The Morgan fingerprint density at radius 1 is 1.21 bits per heavy atom. The number of carbonyl (C=O) groups excluding carboxylic acids is 3. The molecule has 0 aliphatic carbocycles. The summed E-state index contributed by atoms with van der Waals surface area (Å²) in [6.45, 7) is 5.00. The van der Waals surface area contributed by atoms with Crippen LogP contribution in [-0.4, -0.2) is 40.8 Å². The summed E-state index contributed by atoms with van der Waals surface area (Å²) in [6.07, 6.45) is 0.369. The number of urea groups is 1. The van der Waals surface area contributed by atoms with Gasteiger partial charge in [0, 0.05) is 11.4 Å². The van der Waals surface area contributed by atoms with Gasteiger partial charge in [-0.15, -0.1) is 11.3 Å². The van der Waals surface area contributed by atoms with E-state index in [1.807, 2.05) is 49.1 Å². The van der Waals surface area contributed by atoms with Crippen LogP contribution in [0.5, 0.6) is 0 Å². The van der Waals surface area contributed by atoms with Crippen molar-refractivity contribution in [2.75, 3.05) is 13.1 Å². The quantitative estimate of drug-likeness (QED) is 0.625. The monoisotopic (exact) mass is 434 g/mol. The highest BCUT2D eigenvalue weighted by Gasteiger charge is 2.52. The number of hydrogen-bond acceptors (Lipinski definition) is 5. The summed E-state index contributed by atoms with van der Waals surface area (Å²) >= 11 is 7.42. The van der Waals surface area contributed by atoms with Crippen molar-refractivity contribution in [3.63, 3.8) is 0 Å². The van der Waals surface area contributed by atoms with Crippen LogP contribution in [0.25, 0.3) is 0 Å². The molecule has 154 valence electrons. The van der Waals surface area contributed by atoms with Gasteiger partial charge in [-0.1, -0.05) is 55.8 Å². The van der Waals surface area contributed by atoms with Crippen LogP contribution >= 0.6 is 22.9 Å². The second-order valence-corrected chi connectivity index (χ2v) is 8.54. The summed E-state index contributed by atoms with van der Waals surface area (Å²) in [7, 11) is 0. The molecule has 1 fully saturated rings. The number of carbonyl (C=O) groups is 3. The maximum Gasteiger partial charge on any atom is 0.344 e. The topological polar surface area (TPSA) is 81.8 Å². The maximum atomic E-state index is 13.1. The molecule has 2 N–H and O–H groups in total. The third kappa shape index (κ3) is 4.44. The number of rotatable bonds is 8. The van der Waals surface area contributed by atoms with E-state index in [-0.39, 0.29) is 6.54 Å². The van der Waals surface area contributed by atoms with Crippen LogP contribution in [0.1, 0.15) is 30.7 Å². The van der Waals surface area contributed by atoms with Gasteiger partial charge in [-0.25, -0.2) is 4.79 Å². The van der Waals surface area contributed by atoms with Crippen molar-refractivity contribution in [2.45, 2.75) is 32.4 Å². The zero-order valence-corrected chi connectivity index (χ0v) is 17.8. The van der Waals surface area contributed by atoms with E-state index in [2.05, 4.69) is 10.7 Å². The molecule has 1 atom stereocenters. The number of likely N-dealkylation sites (N-methyl/N-ethyl adjacent to an activating group) is 1. The average Bonchev–Trinajstić information content (AvgIpc) is 3.24. The van der Waals surface area contributed by atoms with Gasteiger partial charge in [-0.3, -0.25) is 19.9 Å². The van der Waals surface area contributed by atoms with Crippen molar-refractivity contribution in [1.82, 2.24) is 20.7 Å². The van der Waals surface area contributed by atoms with Crippen molar-refractivity contribution in [2.24, 2.45) is 0 Å². The van der Waals surface area contributed by atoms with Gasteiger partial charge in [0.15, 0.2) is 0 Å². The molecule has 2 heterocycles. The summed E-state index contributed by atoms with van der Waals surface area (Å²) in [6, 6.07) is 12.1. The van der Waals surface area contributed by atoms with Crippen LogP contribution < -0.4 is 10.7 Å². The fourth-order valence-electron chi connectivity index (χ4n) is 3.34. The Balaban J connectivity index is 1.68. The van der Waals surface area contributed by atoms with E-state index >= 15 is 0 Å². The van der Waals surface area contributed by atoms with Gasteiger partial charge in [0.2, 0.25) is 0 Å². The number of benzene rings is 1. The van der Waals surface area contributed by atoms with Crippen LogP contribution in [0.3, 0.4) is 0 Å². The molecular weight excluding hydrogens is 412 g/mol. The normalized spacial score (nSPS) is 19.0. The Labute approximate surface area is 178 Å². The minimum Gasteiger partial charge on any atom is -0.318 e. The Morgan fingerprint density at radius 3 is 2.52 bits per heavy atom. The van der Waals surface area contributed by atoms with Gasteiger partial charge in [0.1, 0.15) is 5.54 Å². The molecule has 1 unspecified atom stereocenters. The summed E-state index contributed by atoms with van der Waals surface area (Å²) in [5, 5.41) is 3.53. The number of halogens is 1. The zero-order valence-electron chi connectivity index (χ0n) is 16.3. The molecule has 1 aromatic carbocycles. The third-order valence-electron chi connectivity index (χ3n) is 4.95. The predicted octanol–water partition coefficient (Wildman–Crippen LogP) is 3.11. The van der Waals surface area contributed by atoms with Crippen LogP contribution in [0.4, 0.5) is 4.79 Å². The molecule has 0 spiro atoms. The Kier molecular flexibility index (Phi) is 6.56. The fraction of sp³-hybridized carbons (Fsp3) is 0.350. The lowest BCUT2D eigenvalue weighted by Gasteiger charge is -2.26. The number of hydrazine groups is 1. The second-order valence-electron chi connectivity index (χ2n) is 6.74. The number of hydrogen-bond donors (Lipinski definition) is 2. The number of nitrogens with one attached hydrogen (secondary N) is 2. The van der Waals surface area contributed by atoms with E-state index < -0.39 is 23.4 Å². The van der Waals surface area contributed by atoms with Crippen molar-refractivity contribution < 1.29 is 14.4 Å². The first-order valence-corrected chi connectivity index (χ1v) is 10.6. The minimum atomic E-state index is -1.18. The van der Waals surface area contributed by atoms with Crippen molar-refractivity contribution in [3.05, 3.63) is 57.2 Å². The van der Waals surface area contributed by atoms with Gasteiger partial charge in [0.25, 0.3) is 11.8 Å². The minimum absolute atomic E-state index is 0.0491. The van der Waals surface area contributed by atoms with Gasteiger partial charge < -0.3 is 5.32 Å². The number of thiophene rings is 1. The molecule has 4 amide bonds. The Bertz CT molecular complexity index is 904. The van der Waals surface area contributed by atoms with E-state index in [9.17, 15) is 14.4 Å². The van der Waals surface area contributed by atoms with E-state index in [0.717, 1.165) is 9.89 Å². The van der Waals surface area contributed by atoms with Crippen LogP contribution in [0, 0.1) is 0 Å². The molecule has 29 heavy (non-hydrogen) atoms. The molecule has 1 saturated heterocycles. The molecule has 1 aliphatic heterocycles. The summed E-state index contributed by atoms with van der Waals surface area (Å²) in [5.41, 5.74) is 1.97. The highest BCUT2D eigenvalue weighted by Crippen LogP contribution is 2.31. The third-order valence-corrected chi connectivity index (χ3v) is 6.16. The molecule has 1 aliphatic rings. The molecule has 3 rings (SSSR count). The molecule has 0 bridgehead atoms. The van der Waals surface area contributed by atoms with Crippen LogP contribution in [0.15, 0.2) is 42.5 Å². The summed E-state index contributed by atoms with van der Waals surface area (Å²) in [5.74, 6) is -0.921. The van der Waals surface area contributed by atoms with Crippen LogP contribution in [-0.2, 0) is 21.7 Å². The fourth-order valence-corrected chi connectivity index (χ4v) is 4.47. The van der Waals surface area contributed by atoms with Gasteiger partial charge >= 0.3 is 6.03 Å². The number of amides is 4. The Hall–Kier alpha value is -2.42. The van der Waals surface area contributed by atoms with E-state index in [0.29, 0.717) is 29.4 Å². The van der Waals surface area contributed by atoms with E-state index in [1.54, 1.807) is 12.1 Å². The number of imide groups is 1. The average molecular weight is 435 g/mol. The van der Waals surface area contributed by atoms with Crippen molar-refractivity contribution >= 4 is 40.8 Å². The first-order chi connectivity index (χ1) is 13.9. The van der Waals surface area contributed by atoms with Crippen molar-refractivity contribution in [3.8, 4) is 0 Å². The molecule has 2 aromatic rings. The lowest BCUT2D eigenvalue weighted by molar-refractivity contribution is -0.139. The first kappa shape index (κ1) is 21.3.